The molecule has 0 fully saturated rings. The van der Waals surface area contributed by atoms with Gasteiger partial charge in [-0.2, -0.15) is 0 Å². The molecule has 0 unspecified atom stereocenters. The lowest BCUT2D eigenvalue weighted by atomic mass is 10.1. The molecule has 0 radical (unpaired) electrons. The van der Waals surface area contributed by atoms with Gasteiger partial charge in [0, 0.05) is 6.54 Å². The third-order valence-corrected chi connectivity index (χ3v) is 2.36. The molecule has 4 nitrogen and oxygen atoms in total. The Labute approximate surface area is 104 Å². The van der Waals surface area contributed by atoms with E-state index in [9.17, 15) is 0 Å². The van der Waals surface area contributed by atoms with Crippen LogP contribution >= 0.6 is 0 Å². The van der Waals surface area contributed by atoms with Gasteiger partial charge in [0.2, 0.25) is 5.88 Å². The minimum Gasteiger partial charge on any atom is -0.477 e. The molecule has 0 saturated carbocycles. The second kappa shape index (κ2) is 8.01. The normalized spacial score (nSPS) is 10.8. The van der Waals surface area contributed by atoms with Crippen LogP contribution in [-0.2, 0) is 6.54 Å². The molecule has 0 aliphatic rings. The van der Waals surface area contributed by atoms with Crippen LogP contribution in [0, 0.1) is 5.92 Å². The van der Waals surface area contributed by atoms with Crippen LogP contribution < -0.4 is 10.1 Å². The van der Waals surface area contributed by atoms with Crippen molar-refractivity contribution < 1.29 is 4.74 Å². The van der Waals surface area contributed by atoms with Crippen molar-refractivity contribution in [1.29, 1.82) is 0 Å². The SMILES string of the molecule is CCCNCc1cnc(OCCC(C)C)cn1. The van der Waals surface area contributed by atoms with Gasteiger partial charge in [0.1, 0.15) is 0 Å². The maximum atomic E-state index is 5.50. The van der Waals surface area contributed by atoms with Gasteiger partial charge >= 0.3 is 0 Å². The Hall–Kier alpha value is -1.16. The molecule has 4 heteroatoms. The maximum absolute atomic E-state index is 5.50. The van der Waals surface area contributed by atoms with Crippen molar-refractivity contribution >= 4 is 0 Å². The Morgan fingerprint density at radius 2 is 2.12 bits per heavy atom. The molecule has 0 spiro atoms. The van der Waals surface area contributed by atoms with Crippen molar-refractivity contribution in [2.75, 3.05) is 13.2 Å². The van der Waals surface area contributed by atoms with E-state index in [4.69, 9.17) is 4.74 Å². The van der Waals surface area contributed by atoms with Gasteiger partial charge in [0.15, 0.2) is 0 Å². The Kier molecular flexibility index (Phi) is 6.55. The quantitative estimate of drug-likeness (QED) is 0.705. The predicted octanol–water partition coefficient (Wildman–Crippen LogP) is 2.40. The van der Waals surface area contributed by atoms with Crippen LogP contribution in [-0.4, -0.2) is 23.1 Å². The Morgan fingerprint density at radius 3 is 2.71 bits per heavy atom. The highest BCUT2D eigenvalue weighted by Gasteiger charge is 1.99. The molecule has 0 aliphatic carbocycles. The zero-order chi connectivity index (χ0) is 12.5. The summed E-state index contributed by atoms with van der Waals surface area (Å²) in [5, 5.41) is 3.29. The van der Waals surface area contributed by atoms with Gasteiger partial charge in [-0.05, 0) is 25.3 Å². The van der Waals surface area contributed by atoms with Crippen molar-refractivity contribution in [3.05, 3.63) is 18.1 Å². The van der Waals surface area contributed by atoms with Crippen molar-refractivity contribution in [2.45, 2.75) is 40.2 Å². The monoisotopic (exact) mass is 237 g/mol. The standard InChI is InChI=1S/C13H23N3O/c1-4-6-14-8-12-9-16-13(10-15-12)17-7-5-11(2)3/h9-11,14H,4-8H2,1-3H3. The van der Waals surface area contributed by atoms with E-state index in [1.165, 1.54) is 0 Å². The average Bonchev–Trinajstić information content (AvgIpc) is 2.31. The van der Waals surface area contributed by atoms with Gasteiger partial charge in [-0.15, -0.1) is 0 Å². The highest BCUT2D eigenvalue weighted by atomic mass is 16.5. The van der Waals surface area contributed by atoms with Gasteiger partial charge in [0.25, 0.3) is 0 Å². The van der Waals surface area contributed by atoms with E-state index in [1.54, 1.807) is 12.4 Å². The molecule has 1 aromatic heterocycles. The second-order valence-corrected chi connectivity index (χ2v) is 4.55. The van der Waals surface area contributed by atoms with E-state index in [-0.39, 0.29) is 0 Å². The van der Waals surface area contributed by atoms with E-state index in [2.05, 4.69) is 36.1 Å². The van der Waals surface area contributed by atoms with Gasteiger partial charge in [-0.25, -0.2) is 4.98 Å². The third kappa shape index (κ3) is 6.22. The van der Waals surface area contributed by atoms with Gasteiger partial charge in [-0.3, -0.25) is 4.98 Å². The molecule has 0 saturated heterocycles. The van der Waals surface area contributed by atoms with E-state index in [0.29, 0.717) is 18.4 Å². The van der Waals surface area contributed by atoms with Crippen LogP contribution in [0.5, 0.6) is 5.88 Å². The van der Waals surface area contributed by atoms with Crippen LogP contribution in [0.2, 0.25) is 0 Å². The number of nitrogens with one attached hydrogen (secondary N) is 1. The summed E-state index contributed by atoms with van der Waals surface area (Å²) in [6.45, 7) is 8.99. The molecule has 17 heavy (non-hydrogen) atoms. The third-order valence-electron chi connectivity index (χ3n) is 2.36. The van der Waals surface area contributed by atoms with E-state index < -0.39 is 0 Å². The number of rotatable bonds is 8. The van der Waals surface area contributed by atoms with Crippen molar-refractivity contribution in [1.82, 2.24) is 15.3 Å². The zero-order valence-electron chi connectivity index (χ0n) is 11.1. The van der Waals surface area contributed by atoms with Gasteiger partial charge in [0.05, 0.1) is 24.7 Å². The van der Waals surface area contributed by atoms with Crippen LogP contribution in [0.1, 0.15) is 39.3 Å². The van der Waals surface area contributed by atoms with Crippen molar-refractivity contribution in [3.63, 3.8) is 0 Å². The smallest absolute Gasteiger partial charge is 0.232 e. The van der Waals surface area contributed by atoms with E-state index in [0.717, 1.165) is 31.6 Å². The Bertz CT molecular complexity index is 298. The summed E-state index contributed by atoms with van der Waals surface area (Å²) >= 11 is 0. The number of aromatic nitrogens is 2. The molecule has 1 rings (SSSR count). The number of hydrogen-bond donors (Lipinski definition) is 1. The minimum absolute atomic E-state index is 0.616. The fourth-order valence-electron chi connectivity index (χ4n) is 1.30. The first kappa shape index (κ1) is 13.9. The van der Waals surface area contributed by atoms with Gasteiger partial charge < -0.3 is 10.1 Å². The molecule has 0 amide bonds. The maximum Gasteiger partial charge on any atom is 0.232 e. The zero-order valence-corrected chi connectivity index (χ0v) is 11.1. The molecule has 0 atom stereocenters. The summed E-state index contributed by atoms with van der Waals surface area (Å²) in [5.41, 5.74) is 0.953. The first-order valence-corrected chi connectivity index (χ1v) is 6.36. The number of nitrogens with zero attached hydrogens (tertiary/aromatic N) is 2. The summed E-state index contributed by atoms with van der Waals surface area (Å²) in [6.07, 6.45) is 5.64. The van der Waals surface area contributed by atoms with E-state index in [1.807, 2.05) is 0 Å². The molecule has 0 aromatic carbocycles. The highest BCUT2D eigenvalue weighted by Crippen LogP contribution is 2.06. The molecule has 96 valence electrons. The highest BCUT2D eigenvalue weighted by molar-refractivity contribution is 5.07. The molecule has 1 aromatic rings. The molecule has 0 bridgehead atoms. The lowest BCUT2D eigenvalue weighted by Gasteiger charge is -2.07. The summed E-state index contributed by atoms with van der Waals surface area (Å²) in [5.74, 6) is 1.27. The molecule has 1 heterocycles. The van der Waals surface area contributed by atoms with Crippen LogP contribution in [0.25, 0.3) is 0 Å². The largest absolute Gasteiger partial charge is 0.477 e. The predicted molar refractivity (Wildman–Crippen MR) is 69.0 cm³/mol. The first-order chi connectivity index (χ1) is 8.22. The van der Waals surface area contributed by atoms with Crippen LogP contribution in [0.4, 0.5) is 0 Å². The molecule has 0 aliphatic heterocycles. The summed E-state index contributed by atoms with van der Waals surface area (Å²) in [7, 11) is 0. The lowest BCUT2D eigenvalue weighted by Crippen LogP contribution is -2.15. The Morgan fingerprint density at radius 1 is 1.29 bits per heavy atom. The Balaban J connectivity index is 2.29. The molecular weight excluding hydrogens is 214 g/mol. The first-order valence-electron chi connectivity index (χ1n) is 6.36. The van der Waals surface area contributed by atoms with Crippen LogP contribution in [0.3, 0.4) is 0 Å². The van der Waals surface area contributed by atoms with E-state index >= 15 is 0 Å². The molecule has 1 N–H and O–H groups in total. The number of ether oxygens (including phenoxy) is 1. The topological polar surface area (TPSA) is 47.0 Å². The average molecular weight is 237 g/mol. The molecular formula is C13H23N3O. The van der Waals surface area contributed by atoms with Gasteiger partial charge in [-0.1, -0.05) is 20.8 Å². The lowest BCUT2D eigenvalue weighted by molar-refractivity contribution is 0.278. The summed E-state index contributed by atoms with van der Waals surface area (Å²) in [6, 6.07) is 0. The van der Waals surface area contributed by atoms with Crippen molar-refractivity contribution in [2.24, 2.45) is 5.92 Å². The minimum atomic E-state index is 0.616. The number of hydrogen-bond acceptors (Lipinski definition) is 4. The van der Waals surface area contributed by atoms with Crippen LogP contribution in [0.15, 0.2) is 12.4 Å². The fourth-order valence-corrected chi connectivity index (χ4v) is 1.30. The second-order valence-electron chi connectivity index (χ2n) is 4.55. The van der Waals surface area contributed by atoms with Crippen molar-refractivity contribution in [3.8, 4) is 5.88 Å². The fraction of sp³-hybridized carbons (Fsp3) is 0.692. The summed E-state index contributed by atoms with van der Waals surface area (Å²) < 4.78 is 5.50. The summed E-state index contributed by atoms with van der Waals surface area (Å²) in [4.78, 5) is 8.53.